The lowest BCUT2D eigenvalue weighted by Crippen LogP contribution is -2.22. The first-order chi connectivity index (χ1) is 6.84. The molecule has 1 N–H and O–H groups in total. The molecule has 0 aliphatic carbocycles. The minimum Gasteiger partial charge on any atom is -0.350 e. The highest BCUT2D eigenvalue weighted by molar-refractivity contribution is 5.79. The molecule has 1 aromatic carbocycles. The van der Waals surface area contributed by atoms with E-state index >= 15 is 0 Å². The molecular formula is C12H13NO. The lowest BCUT2D eigenvalue weighted by atomic mass is 10.1. The molecule has 0 unspecified atom stereocenters. The van der Waals surface area contributed by atoms with Gasteiger partial charge < -0.3 is 5.32 Å². The van der Waals surface area contributed by atoms with Crippen LogP contribution in [0.25, 0.3) is 6.08 Å². The molecule has 0 saturated carbocycles. The first kappa shape index (κ1) is 9.00. The molecule has 14 heavy (non-hydrogen) atoms. The number of hydrogen-bond donors (Lipinski definition) is 1. The Morgan fingerprint density at radius 1 is 1.29 bits per heavy atom. The molecule has 0 radical (unpaired) electrons. The van der Waals surface area contributed by atoms with Crippen LogP contribution in [0, 0.1) is 0 Å². The molecule has 1 aromatic rings. The second-order valence-corrected chi connectivity index (χ2v) is 3.48. The van der Waals surface area contributed by atoms with Gasteiger partial charge in [-0.15, -0.1) is 0 Å². The van der Waals surface area contributed by atoms with Crippen LogP contribution in [0.2, 0.25) is 0 Å². The summed E-state index contributed by atoms with van der Waals surface area (Å²) in [7, 11) is 0. The largest absolute Gasteiger partial charge is 0.350 e. The Kier molecular flexibility index (Phi) is 2.63. The van der Waals surface area contributed by atoms with E-state index in [0.29, 0.717) is 6.42 Å². The van der Waals surface area contributed by atoms with Crippen molar-refractivity contribution < 1.29 is 4.79 Å². The van der Waals surface area contributed by atoms with E-state index in [4.69, 9.17) is 0 Å². The average molecular weight is 187 g/mol. The third kappa shape index (κ3) is 2.22. The number of amides is 1. The van der Waals surface area contributed by atoms with Crippen LogP contribution in [0.15, 0.2) is 36.4 Å². The van der Waals surface area contributed by atoms with Crippen LogP contribution in [-0.2, 0) is 4.79 Å². The standard InChI is InChI=1S/C12H13NO/c14-12-9-8-11(13-12)7-6-10-4-2-1-3-5-10/h1-7,11H,8-9H2,(H,13,14)/b7-6-/t11-/m0/s1. The van der Waals surface area contributed by atoms with Gasteiger partial charge in [-0.1, -0.05) is 42.5 Å². The molecule has 72 valence electrons. The van der Waals surface area contributed by atoms with E-state index in [-0.39, 0.29) is 11.9 Å². The fraction of sp³-hybridized carbons (Fsp3) is 0.250. The number of rotatable bonds is 2. The van der Waals surface area contributed by atoms with Crippen LogP contribution in [0.1, 0.15) is 18.4 Å². The Balaban J connectivity index is 1.97. The second kappa shape index (κ2) is 4.09. The third-order valence-corrected chi connectivity index (χ3v) is 2.35. The normalized spacial score (nSPS) is 21.4. The third-order valence-electron chi connectivity index (χ3n) is 2.35. The van der Waals surface area contributed by atoms with Gasteiger partial charge in [0.05, 0.1) is 0 Å². The van der Waals surface area contributed by atoms with Crippen molar-refractivity contribution in [3.63, 3.8) is 0 Å². The SMILES string of the molecule is O=C1CC[C@H](/C=C\c2ccccc2)N1. The van der Waals surface area contributed by atoms with Crippen molar-refractivity contribution in [1.82, 2.24) is 5.32 Å². The highest BCUT2D eigenvalue weighted by atomic mass is 16.1. The van der Waals surface area contributed by atoms with Crippen molar-refractivity contribution >= 4 is 12.0 Å². The summed E-state index contributed by atoms with van der Waals surface area (Å²) >= 11 is 0. The van der Waals surface area contributed by atoms with Gasteiger partial charge in [0, 0.05) is 12.5 Å². The van der Waals surface area contributed by atoms with E-state index in [9.17, 15) is 4.79 Å². The summed E-state index contributed by atoms with van der Waals surface area (Å²) < 4.78 is 0. The van der Waals surface area contributed by atoms with Gasteiger partial charge in [-0.2, -0.15) is 0 Å². The molecule has 2 heteroatoms. The monoisotopic (exact) mass is 187 g/mol. The zero-order valence-electron chi connectivity index (χ0n) is 7.94. The molecule has 1 atom stereocenters. The molecule has 1 heterocycles. The van der Waals surface area contributed by atoms with Crippen molar-refractivity contribution in [2.45, 2.75) is 18.9 Å². The van der Waals surface area contributed by atoms with Crippen molar-refractivity contribution in [2.75, 3.05) is 0 Å². The molecule has 1 aliphatic rings. The minimum absolute atomic E-state index is 0.160. The Morgan fingerprint density at radius 3 is 2.71 bits per heavy atom. The molecular weight excluding hydrogens is 174 g/mol. The number of carbonyl (C=O) groups is 1. The average Bonchev–Trinajstić information content (AvgIpc) is 2.63. The fourth-order valence-electron chi connectivity index (χ4n) is 1.57. The van der Waals surface area contributed by atoms with Gasteiger partial charge in [0.2, 0.25) is 5.91 Å². The fourth-order valence-corrected chi connectivity index (χ4v) is 1.57. The van der Waals surface area contributed by atoms with Gasteiger partial charge in [-0.3, -0.25) is 4.79 Å². The highest BCUT2D eigenvalue weighted by Crippen LogP contribution is 2.10. The Morgan fingerprint density at radius 2 is 2.07 bits per heavy atom. The summed E-state index contributed by atoms with van der Waals surface area (Å²) in [5.74, 6) is 0.160. The Labute approximate surface area is 83.6 Å². The minimum atomic E-state index is 0.160. The molecule has 1 saturated heterocycles. The van der Waals surface area contributed by atoms with Crippen LogP contribution < -0.4 is 5.32 Å². The van der Waals surface area contributed by atoms with Gasteiger partial charge in [-0.25, -0.2) is 0 Å². The first-order valence-corrected chi connectivity index (χ1v) is 4.87. The van der Waals surface area contributed by atoms with Crippen LogP contribution in [0.4, 0.5) is 0 Å². The van der Waals surface area contributed by atoms with E-state index in [1.54, 1.807) is 0 Å². The smallest absolute Gasteiger partial charge is 0.220 e. The maximum Gasteiger partial charge on any atom is 0.220 e. The summed E-state index contributed by atoms with van der Waals surface area (Å²) in [6.45, 7) is 0. The number of carbonyl (C=O) groups excluding carboxylic acids is 1. The van der Waals surface area contributed by atoms with Gasteiger partial charge in [0.15, 0.2) is 0 Å². The van der Waals surface area contributed by atoms with Gasteiger partial charge in [-0.05, 0) is 12.0 Å². The molecule has 1 aliphatic heterocycles. The van der Waals surface area contributed by atoms with Gasteiger partial charge in [0.1, 0.15) is 0 Å². The summed E-state index contributed by atoms with van der Waals surface area (Å²) in [6.07, 6.45) is 5.68. The quantitative estimate of drug-likeness (QED) is 0.753. The predicted octanol–water partition coefficient (Wildman–Crippen LogP) is 1.98. The summed E-state index contributed by atoms with van der Waals surface area (Å²) in [6, 6.07) is 10.3. The molecule has 2 rings (SSSR count). The summed E-state index contributed by atoms with van der Waals surface area (Å²) in [4.78, 5) is 10.9. The van der Waals surface area contributed by atoms with E-state index in [2.05, 4.69) is 17.5 Å². The zero-order chi connectivity index (χ0) is 9.80. The van der Waals surface area contributed by atoms with Gasteiger partial charge in [0.25, 0.3) is 0 Å². The maximum atomic E-state index is 10.9. The molecule has 0 bridgehead atoms. The number of hydrogen-bond acceptors (Lipinski definition) is 1. The van der Waals surface area contributed by atoms with Crippen molar-refractivity contribution in [3.05, 3.63) is 42.0 Å². The Bertz CT molecular complexity index is 343. The topological polar surface area (TPSA) is 29.1 Å². The number of benzene rings is 1. The van der Waals surface area contributed by atoms with Crippen LogP contribution in [0.3, 0.4) is 0 Å². The van der Waals surface area contributed by atoms with Crippen LogP contribution >= 0.6 is 0 Å². The highest BCUT2D eigenvalue weighted by Gasteiger charge is 2.17. The molecule has 1 amide bonds. The van der Waals surface area contributed by atoms with Crippen LogP contribution in [-0.4, -0.2) is 11.9 Å². The first-order valence-electron chi connectivity index (χ1n) is 4.87. The van der Waals surface area contributed by atoms with E-state index in [0.717, 1.165) is 6.42 Å². The van der Waals surface area contributed by atoms with Gasteiger partial charge >= 0.3 is 0 Å². The van der Waals surface area contributed by atoms with Crippen molar-refractivity contribution in [2.24, 2.45) is 0 Å². The summed E-state index contributed by atoms with van der Waals surface area (Å²) in [5, 5.41) is 2.90. The van der Waals surface area contributed by atoms with Crippen molar-refractivity contribution in [1.29, 1.82) is 0 Å². The second-order valence-electron chi connectivity index (χ2n) is 3.48. The predicted molar refractivity (Wildman–Crippen MR) is 56.6 cm³/mol. The number of nitrogens with one attached hydrogen (secondary N) is 1. The van der Waals surface area contributed by atoms with E-state index in [1.165, 1.54) is 5.56 Å². The lowest BCUT2D eigenvalue weighted by Gasteiger charge is -2.01. The summed E-state index contributed by atoms with van der Waals surface area (Å²) in [5.41, 5.74) is 1.17. The van der Waals surface area contributed by atoms with Crippen molar-refractivity contribution in [3.8, 4) is 0 Å². The lowest BCUT2D eigenvalue weighted by molar-refractivity contribution is -0.119. The molecule has 0 spiro atoms. The zero-order valence-corrected chi connectivity index (χ0v) is 7.94. The molecule has 1 fully saturated rings. The Hall–Kier alpha value is -1.57. The molecule has 2 nitrogen and oxygen atoms in total. The molecule has 0 aromatic heterocycles. The maximum absolute atomic E-state index is 10.9. The van der Waals surface area contributed by atoms with Crippen LogP contribution in [0.5, 0.6) is 0 Å². The van der Waals surface area contributed by atoms with E-state index < -0.39 is 0 Å². The van der Waals surface area contributed by atoms with E-state index in [1.807, 2.05) is 30.3 Å².